The lowest BCUT2D eigenvalue weighted by molar-refractivity contribution is 0.0845. The highest BCUT2D eigenvalue weighted by molar-refractivity contribution is 5.98. The van der Waals surface area contributed by atoms with Crippen LogP contribution < -0.4 is 11.1 Å². The molecule has 0 aliphatic carbocycles. The van der Waals surface area contributed by atoms with Crippen molar-refractivity contribution in [2.75, 3.05) is 12.3 Å². The summed E-state index contributed by atoms with van der Waals surface area (Å²) >= 11 is 0. The van der Waals surface area contributed by atoms with E-state index < -0.39 is 11.9 Å². The van der Waals surface area contributed by atoms with E-state index in [0.29, 0.717) is 0 Å². The van der Waals surface area contributed by atoms with E-state index in [4.69, 9.17) is 5.73 Å². The molecule has 1 amide bonds. The molecule has 0 aliphatic rings. The zero-order valence-electron chi connectivity index (χ0n) is 10.9. The van der Waals surface area contributed by atoms with Gasteiger partial charge in [0.05, 0.1) is 23.9 Å². The number of phenols is 1. The number of amides is 1. The average molecular weight is 252 g/mol. The highest BCUT2D eigenvalue weighted by Crippen LogP contribution is 2.25. The summed E-state index contributed by atoms with van der Waals surface area (Å²) in [6, 6.07) is 4.19. The molecule has 0 unspecified atom stereocenters. The molecular formula is C13H20N2O3. The summed E-state index contributed by atoms with van der Waals surface area (Å²) in [5.74, 6) is -0.686. The van der Waals surface area contributed by atoms with Gasteiger partial charge in [0.1, 0.15) is 0 Å². The van der Waals surface area contributed by atoms with Gasteiger partial charge in [-0.1, -0.05) is 26.8 Å². The van der Waals surface area contributed by atoms with Crippen molar-refractivity contribution in [3.8, 4) is 5.75 Å². The number of benzene rings is 1. The molecule has 0 saturated heterocycles. The molecule has 1 rings (SSSR count). The largest absolute Gasteiger partial charge is 0.505 e. The van der Waals surface area contributed by atoms with Crippen LogP contribution in [0.2, 0.25) is 0 Å². The van der Waals surface area contributed by atoms with Crippen LogP contribution in [0.1, 0.15) is 31.1 Å². The fourth-order valence-electron chi connectivity index (χ4n) is 1.52. The Balaban J connectivity index is 2.92. The first-order valence-corrected chi connectivity index (χ1v) is 5.76. The Bertz CT molecular complexity index is 438. The van der Waals surface area contributed by atoms with Gasteiger partial charge < -0.3 is 21.3 Å². The molecule has 0 radical (unpaired) electrons. The van der Waals surface area contributed by atoms with Crippen LogP contribution in [0.3, 0.4) is 0 Å². The van der Waals surface area contributed by atoms with Crippen molar-refractivity contribution in [1.29, 1.82) is 0 Å². The summed E-state index contributed by atoms with van der Waals surface area (Å²) in [6.45, 7) is 5.56. The number of aliphatic hydroxyl groups is 1. The maximum absolute atomic E-state index is 12.0. The molecule has 0 aromatic heterocycles. The Hall–Kier alpha value is -1.75. The Kier molecular flexibility index (Phi) is 4.19. The number of carbonyl (C=O) groups excluding carboxylic acids is 1. The van der Waals surface area contributed by atoms with Crippen LogP contribution in [0.5, 0.6) is 5.75 Å². The van der Waals surface area contributed by atoms with E-state index in [9.17, 15) is 15.0 Å². The first-order chi connectivity index (χ1) is 8.27. The SMILES string of the molecule is CC(C)(C)[C@@H](CO)NC(=O)c1cccc(N)c1O. The molecule has 0 fully saturated rings. The quantitative estimate of drug-likeness (QED) is 0.478. The summed E-state index contributed by atoms with van der Waals surface area (Å²) in [4.78, 5) is 12.0. The number of hydrogen-bond donors (Lipinski definition) is 4. The summed E-state index contributed by atoms with van der Waals surface area (Å²) in [5.41, 5.74) is 5.51. The molecule has 5 heteroatoms. The minimum atomic E-state index is -0.450. The number of carbonyl (C=O) groups is 1. The minimum Gasteiger partial charge on any atom is -0.505 e. The van der Waals surface area contributed by atoms with Gasteiger partial charge in [-0.3, -0.25) is 4.79 Å². The molecule has 18 heavy (non-hydrogen) atoms. The van der Waals surface area contributed by atoms with E-state index >= 15 is 0 Å². The predicted molar refractivity (Wildman–Crippen MR) is 70.3 cm³/mol. The van der Waals surface area contributed by atoms with Crippen molar-refractivity contribution in [2.45, 2.75) is 26.8 Å². The van der Waals surface area contributed by atoms with Gasteiger partial charge in [-0.05, 0) is 17.5 Å². The van der Waals surface area contributed by atoms with Gasteiger partial charge >= 0.3 is 0 Å². The molecule has 0 bridgehead atoms. The van der Waals surface area contributed by atoms with Crippen molar-refractivity contribution in [3.05, 3.63) is 23.8 Å². The summed E-state index contributed by atoms with van der Waals surface area (Å²) in [7, 11) is 0. The van der Waals surface area contributed by atoms with Crippen molar-refractivity contribution >= 4 is 11.6 Å². The molecule has 100 valence electrons. The number of aliphatic hydroxyl groups excluding tert-OH is 1. The van der Waals surface area contributed by atoms with Crippen LogP contribution in [-0.2, 0) is 0 Å². The van der Waals surface area contributed by atoms with E-state index in [1.807, 2.05) is 20.8 Å². The second-order valence-electron chi connectivity index (χ2n) is 5.32. The summed E-state index contributed by atoms with van der Waals surface area (Å²) in [5, 5.41) is 21.7. The molecule has 0 saturated carbocycles. The molecule has 1 aromatic rings. The monoisotopic (exact) mass is 252 g/mol. The molecular weight excluding hydrogens is 232 g/mol. The van der Waals surface area contributed by atoms with Gasteiger partial charge in [-0.25, -0.2) is 0 Å². The Labute approximate surface area is 107 Å². The van der Waals surface area contributed by atoms with Gasteiger partial charge in [-0.15, -0.1) is 0 Å². The van der Waals surface area contributed by atoms with E-state index in [2.05, 4.69) is 5.32 Å². The van der Waals surface area contributed by atoms with Crippen molar-refractivity contribution in [1.82, 2.24) is 5.32 Å². The first-order valence-electron chi connectivity index (χ1n) is 5.76. The zero-order valence-corrected chi connectivity index (χ0v) is 10.9. The number of rotatable bonds is 3. The van der Waals surface area contributed by atoms with Crippen LogP contribution >= 0.6 is 0 Å². The number of phenolic OH excluding ortho intramolecular Hbond substituents is 1. The number of anilines is 1. The molecule has 0 heterocycles. The Morgan fingerprint density at radius 2 is 2.06 bits per heavy atom. The van der Waals surface area contributed by atoms with Crippen LogP contribution in [0.15, 0.2) is 18.2 Å². The van der Waals surface area contributed by atoms with Gasteiger partial charge in [0.15, 0.2) is 5.75 Å². The van der Waals surface area contributed by atoms with Crippen molar-refractivity contribution in [2.24, 2.45) is 5.41 Å². The molecule has 0 spiro atoms. The van der Waals surface area contributed by atoms with E-state index in [1.54, 1.807) is 6.07 Å². The van der Waals surface area contributed by atoms with E-state index in [0.717, 1.165) is 0 Å². The lowest BCUT2D eigenvalue weighted by atomic mass is 9.87. The van der Waals surface area contributed by atoms with Crippen LogP contribution in [0, 0.1) is 5.41 Å². The van der Waals surface area contributed by atoms with Crippen LogP contribution in [0.4, 0.5) is 5.69 Å². The topological polar surface area (TPSA) is 95.6 Å². The van der Waals surface area contributed by atoms with E-state index in [-0.39, 0.29) is 29.0 Å². The predicted octanol–water partition coefficient (Wildman–Crippen LogP) is 1.11. The number of hydrogen-bond acceptors (Lipinski definition) is 4. The lowest BCUT2D eigenvalue weighted by Gasteiger charge is -2.29. The van der Waals surface area contributed by atoms with Crippen LogP contribution in [0.25, 0.3) is 0 Å². The van der Waals surface area contributed by atoms with E-state index in [1.165, 1.54) is 12.1 Å². The highest BCUT2D eigenvalue weighted by atomic mass is 16.3. The van der Waals surface area contributed by atoms with Gasteiger partial charge in [0, 0.05) is 0 Å². The molecule has 1 aromatic carbocycles. The third kappa shape index (κ3) is 3.13. The third-order valence-electron chi connectivity index (χ3n) is 2.85. The van der Waals surface area contributed by atoms with Gasteiger partial charge in [0.2, 0.25) is 0 Å². The first kappa shape index (κ1) is 14.3. The van der Waals surface area contributed by atoms with Crippen molar-refractivity contribution in [3.63, 3.8) is 0 Å². The fraction of sp³-hybridized carbons (Fsp3) is 0.462. The summed E-state index contributed by atoms with van der Waals surface area (Å²) < 4.78 is 0. The minimum absolute atomic E-state index is 0.109. The number of aromatic hydroxyl groups is 1. The number of nitrogen functional groups attached to an aromatic ring is 1. The molecule has 5 nitrogen and oxygen atoms in total. The smallest absolute Gasteiger partial charge is 0.255 e. The van der Waals surface area contributed by atoms with Gasteiger partial charge in [-0.2, -0.15) is 0 Å². The van der Waals surface area contributed by atoms with Gasteiger partial charge in [0.25, 0.3) is 5.91 Å². The average Bonchev–Trinajstić information content (AvgIpc) is 2.27. The number of nitrogens with one attached hydrogen (secondary N) is 1. The highest BCUT2D eigenvalue weighted by Gasteiger charge is 2.26. The van der Waals surface area contributed by atoms with Crippen LogP contribution in [-0.4, -0.2) is 28.8 Å². The second kappa shape index (κ2) is 5.27. The normalized spacial score (nSPS) is 13.1. The zero-order chi connectivity index (χ0) is 13.9. The Morgan fingerprint density at radius 3 is 2.56 bits per heavy atom. The van der Waals surface area contributed by atoms with Crippen molar-refractivity contribution < 1.29 is 15.0 Å². The molecule has 1 atom stereocenters. The maximum atomic E-state index is 12.0. The Morgan fingerprint density at radius 1 is 1.44 bits per heavy atom. The second-order valence-corrected chi connectivity index (χ2v) is 5.32. The number of para-hydroxylation sites is 1. The third-order valence-corrected chi connectivity index (χ3v) is 2.85. The number of nitrogens with two attached hydrogens (primary N) is 1. The molecule has 0 aliphatic heterocycles. The lowest BCUT2D eigenvalue weighted by Crippen LogP contribution is -2.46. The summed E-state index contributed by atoms with van der Waals surface area (Å²) in [6.07, 6.45) is 0. The standard InChI is InChI=1S/C13H20N2O3/c1-13(2,3)10(7-16)15-12(18)8-5-4-6-9(14)11(8)17/h4-6,10,16-17H,7,14H2,1-3H3,(H,15,18)/t10-/m1/s1. The molecule has 5 N–H and O–H groups in total. The fourth-order valence-corrected chi connectivity index (χ4v) is 1.52. The maximum Gasteiger partial charge on any atom is 0.255 e.